The zero-order chi connectivity index (χ0) is 18.0. The monoisotopic (exact) mass is 378 g/mol. The van der Waals surface area contributed by atoms with E-state index in [1.807, 2.05) is 0 Å². The van der Waals surface area contributed by atoms with Gasteiger partial charge in [-0.1, -0.05) is 22.9 Å². The third-order valence-electron chi connectivity index (χ3n) is 3.14. The minimum atomic E-state index is -0.643. The van der Waals surface area contributed by atoms with E-state index in [0.29, 0.717) is 10.6 Å². The average Bonchev–Trinajstić information content (AvgIpc) is 3.04. The first-order chi connectivity index (χ1) is 11.9. The fourth-order valence-electron chi connectivity index (χ4n) is 1.95. The second-order valence-corrected chi connectivity index (χ2v) is 6.18. The molecule has 10 heteroatoms. The average molecular weight is 379 g/mol. The number of carbonyl (C=O) groups excluding carboxylic acids is 1. The lowest BCUT2D eigenvalue weighted by atomic mass is 10.2. The molecule has 2 aromatic carbocycles. The smallest absolute Gasteiger partial charge is 0.270 e. The van der Waals surface area contributed by atoms with Crippen molar-refractivity contribution in [3.8, 4) is 10.6 Å². The summed E-state index contributed by atoms with van der Waals surface area (Å²) in [5.74, 6) is -1.02. The highest BCUT2D eigenvalue weighted by Crippen LogP contribution is 2.28. The molecule has 0 spiro atoms. The molecule has 3 rings (SSSR count). The van der Waals surface area contributed by atoms with E-state index in [2.05, 4.69) is 15.5 Å². The molecule has 3 aromatic rings. The highest BCUT2D eigenvalue weighted by Gasteiger charge is 2.17. The maximum Gasteiger partial charge on any atom is 0.270 e. The number of nitrogens with zero attached hydrogens (tertiary/aromatic N) is 3. The highest BCUT2D eigenvalue weighted by molar-refractivity contribution is 7.18. The number of nitro benzene ring substituents is 1. The van der Waals surface area contributed by atoms with E-state index in [9.17, 15) is 19.3 Å². The van der Waals surface area contributed by atoms with Gasteiger partial charge >= 0.3 is 0 Å². The number of benzene rings is 2. The number of hydrogen-bond acceptors (Lipinski definition) is 6. The highest BCUT2D eigenvalue weighted by atomic mass is 35.5. The van der Waals surface area contributed by atoms with E-state index in [1.54, 1.807) is 12.1 Å². The number of non-ortho nitro benzene ring substituents is 1. The van der Waals surface area contributed by atoms with Gasteiger partial charge in [0.1, 0.15) is 10.8 Å². The third-order valence-corrected chi connectivity index (χ3v) is 4.36. The normalized spacial score (nSPS) is 10.5. The molecule has 25 heavy (non-hydrogen) atoms. The Hall–Kier alpha value is -2.91. The van der Waals surface area contributed by atoms with Crippen LogP contribution in [0.1, 0.15) is 10.4 Å². The van der Waals surface area contributed by atoms with E-state index in [0.717, 1.165) is 17.4 Å². The standard InChI is InChI=1S/C15H8ClFN4O3S/c16-12-6-5-10(21(23)24)7-11(12)13(22)18-15-20-19-14(25-15)8-1-3-9(17)4-2-8/h1-7H,(H,18,20,22). The van der Waals surface area contributed by atoms with Gasteiger partial charge in [-0.3, -0.25) is 20.2 Å². The summed E-state index contributed by atoms with van der Waals surface area (Å²) in [5, 5.41) is 21.8. The van der Waals surface area contributed by atoms with E-state index in [-0.39, 0.29) is 27.2 Å². The molecule has 0 aliphatic heterocycles. The van der Waals surface area contributed by atoms with Crippen LogP contribution in [0.2, 0.25) is 5.02 Å². The van der Waals surface area contributed by atoms with Crippen LogP contribution in [0, 0.1) is 15.9 Å². The molecule has 1 N–H and O–H groups in total. The van der Waals surface area contributed by atoms with Gasteiger partial charge in [0.25, 0.3) is 11.6 Å². The summed E-state index contributed by atoms with van der Waals surface area (Å²) in [7, 11) is 0. The summed E-state index contributed by atoms with van der Waals surface area (Å²) in [5.41, 5.74) is 0.348. The van der Waals surface area contributed by atoms with E-state index < -0.39 is 10.8 Å². The minimum absolute atomic E-state index is 0.0469. The van der Waals surface area contributed by atoms with Gasteiger partial charge in [0.2, 0.25) is 5.13 Å². The van der Waals surface area contributed by atoms with Crippen LogP contribution < -0.4 is 5.32 Å². The largest absolute Gasteiger partial charge is 0.296 e. The van der Waals surface area contributed by atoms with Crippen LogP contribution in [0.5, 0.6) is 0 Å². The Morgan fingerprint density at radius 2 is 1.92 bits per heavy atom. The van der Waals surface area contributed by atoms with Gasteiger partial charge in [-0.25, -0.2) is 4.39 Å². The van der Waals surface area contributed by atoms with Gasteiger partial charge in [0.05, 0.1) is 15.5 Å². The minimum Gasteiger partial charge on any atom is -0.296 e. The van der Waals surface area contributed by atoms with Crippen molar-refractivity contribution in [2.24, 2.45) is 0 Å². The van der Waals surface area contributed by atoms with E-state index in [4.69, 9.17) is 11.6 Å². The third kappa shape index (κ3) is 3.78. The molecule has 0 bridgehead atoms. The lowest BCUT2D eigenvalue weighted by molar-refractivity contribution is -0.384. The molecule has 0 saturated carbocycles. The number of rotatable bonds is 4. The maximum atomic E-state index is 12.9. The molecule has 0 radical (unpaired) electrons. The molecule has 1 aromatic heterocycles. The van der Waals surface area contributed by atoms with Crippen molar-refractivity contribution >= 4 is 39.7 Å². The van der Waals surface area contributed by atoms with Gasteiger partial charge in [-0.05, 0) is 30.3 Å². The zero-order valence-corrected chi connectivity index (χ0v) is 13.8. The van der Waals surface area contributed by atoms with Crippen LogP contribution in [0.25, 0.3) is 10.6 Å². The van der Waals surface area contributed by atoms with Crippen LogP contribution >= 0.6 is 22.9 Å². The van der Waals surface area contributed by atoms with Crippen molar-refractivity contribution in [3.05, 3.63) is 69.0 Å². The van der Waals surface area contributed by atoms with Crippen LogP contribution in [0.3, 0.4) is 0 Å². The second-order valence-electron chi connectivity index (χ2n) is 4.79. The first-order valence-electron chi connectivity index (χ1n) is 6.79. The summed E-state index contributed by atoms with van der Waals surface area (Å²) < 4.78 is 12.9. The second kappa shape index (κ2) is 6.91. The number of nitrogens with one attached hydrogen (secondary N) is 1. The number of hydrogen-bond donors (Lipinski definition) is 1. The Labute approximate surface area is 149 Å². The molecular weight excluding hydrogens is 371 g/mol. The topological polar surface area (TPSA) is 98.0 Å². The summed E-state index contributed by atoms with van der Waals surface area (Å²) in [6.07, 6.45) is 0. The fraction of sp³-hybridized carbons (Fsp3) is 0. The van der Waals surface area contributed by atoms with Crippen molar-refractivity contribution in [3.63, 3.8) is 0 Å². The quantitative estimate of drug-likeness (QED) is 0.543. The molecule has 0 aliphatic carbocycles. The van der Waals surface area contributed by atoms with E-state index in [1.165, 1.54) is 24.3 Å². The summed E-state index contributed by atoms with van der Waals surface area (Å²) in [6.45, 7) is 0. The molecule has 0 aliphatic rings. The predicted octanol–water partition coefficient (Wildman–Crippen LogP) is 4.16. The van der Waals surface area contributed by atoms with E-state index >= 15 is 0 Å². The van der Waals surface area contributed by atoms with Gasteiger partial charge in [-0.15, -0.1) is 10.2 Å². The van der Waals surface area contributed by atoms with Crippen LogP contribution in [0.15, 0.2) is 42.5 Å². The molecule has 7 nitrogen and oxygen atoms in total. The zero-order valence-electron chi connectivity index (χ0n) is 12.3. The van der Waals surface area contributed by atoms with Crippen molar-refractivity contribution in [1.82, 2.24) is 10.2 Å². The number of nitro groups is 1. The Morgan fingerprint density at radius 1 is 1.20 bits per heavy atom. The van der Waals surface area contributed by atoms with Crippen molar-refractivity contribution in [2.75, 3.05) is 5.32 Å². The predicted molar refractivity (Wildman–Crippen MR) is 91.4 cm³/mol. The number of halogens is 2. The number of anilines is 1. The first-order valence-corrected chi connectivity index (χ1v) is 7.98. The molecule has 1 amide bonds. The molecule has 0 atom stereocenters. The molecule has 0 saturated heterocycles. The van der Waals surface area contributed by atoms with Crippen LogP contribution in [-0.4, -0.2) is 21.0 Å². The molecule has 0 unspecified atom stereocenters. The van der Waals surface area contributed by atoms with Crippen molar-refractivity contribution < 1.29 is 14.1 Å². The van der Waals surface area contributed by atoms with Crippen molar-refractivity contribution in [2.45, 2.75) is 0 Å². The first kappa shape index (κ1) is 16.9. The molecule has 1 heterocycles. The van der Waals surface area contributed by atoms with Crippen LogP contribution in [0.4, 0.5) is 15.2 Å². The summed E-state index contributed by atoms with van der Waals surface area (Å²) in [4.78, 5) is 22.5. The maximum absolute atomic E-state index is 12.9. The molecular formula is C15H8ClFN4O3S. The fourth-order valence-corrected chi connectivity index (χ4v) is 2.90. The van der Waals surface area contributed by atoms with Gasteiger partial charge in [0.15, 0.2) is 0 Å². The summed E-state index contributed by atoms with van der Waals surface area (Å²) >= 11 is 7.00. The Kier molecular flexibility index (Phi) is 4.68. The van der Waals surface area contributed by atoms with Gasteiger partial charge in [0, 0.05) is 17.7 Å². The number of amides is 1. The van der Waals surface area contributed by atoms with Gasteiger partial charge < -0.3 is 0 Å². The summed E-state index contributed by atoms with van der Waals surface area (Å²) in [6, 6.07) is 9.22. The number of aromatic nitrogens is 2. The Morgan fingerprint density at radius 3 is 2.60 bits per heavy atom. The lowest BCUT2D eigenvalue weighted by Gasteiger charge is -2.03. The Balaban J connectivity index is 1.81. The van der Waals surface area contributed by atoms with Gasteiger partial charge in [-0.2, -0.15) is 0 Å². The SMILES string of the molecule is O=C(Nc1nnc(-c2ccc(F)cc2)s1)c1cc([N+](=O)[O-])ccc1Cl. The molecule has 126 valence electrons. The Bertz CT molecular complexity index is 962. The van der Waals surface area contributed by atoms with Crippen LogP contribution in [-0.2, 0) is 0 Å². The number of carbonyl (C=O) groups is 1. The molecule has 0 fully saturated rings. The van der Waals surface area contributed by atoms with Crippen molar-refractivity contribution in [1.29, 1.82) is 0 Å². The lowest BCUT2D eigenvalue weighted by Crippen LogP contribution is -2.12.